The summed E-state index contributed by atoms with van der Waals surface area (Å²) in [6, 6.07) is 7.87. The molecular weight excluding hydrogens is 228 g/mol. The van der Waals surface area contributed by atoms with Crippen LogP contribution in [0.5, 0.6) is 0 Å². The first-order valence-corrected chi connectivity index (χ1v) is 6.59. The van der Waals surface area contributed by atoms with Gasteiger partial charge >= 0.3 is 0 Å². The average Bonchev–Trinajstić information content (AvgIpc) is 2.38. The molecule has 0 radical (unpaired) electrons. The van der Waals surface area contributed by atoms with Crippen molar-refractivity contribution in [1.29, 1.82) is 0 Å². The van der Waals surface area contributed by atoms with E-state index in [9.17, 15) is 5.11 Å². The molecule has 2 atom stereocenters. The maximum Gasteiger partial charge on any atom is 0.105 e. The minimum Gasteiger partial charge on any atom is -0.386 e. The van der Waals surface area contributed by atoms with Crippen molar-refractivity contribution < 1.29 is 14.6 Å². The summed E-state index contributed by atoms with van der Waals surface area (Å²) >= 11 is 0. The number of hydrogen-bond donors (Lipinski definition) is 1. The molecule has 0 bridgehead atoms. The third-order valence-corrected chi connectivity index (χ3v) is 2.82. The van der Waals surface area contributed by atoms with Crippen LogP contribution in [0.25, 0.3) is 0 Å². The molecule has 0 amide bonds. The molecule has 2 unspecified atom stereocenters. The van der Waals surface area contributed by atoms with Gasteiger partial charge in [0.25, 0.3) is 0 Å². The number of aryl methyl sites for hydroxylation is 1. The maximum absolute atomic E-state index is 10.1. The Balaban J connectivity index is 2.32. The second kappa shape index (κ2) is 8.25. The van der Waals surface area contributed by atoms with Crippen LogP contribution >= 0.6 is 0 Å². The van der Waals surface area contributed by atoms with Crippen LogP contribution in [0.3, 0.4) is 0 Å². The Morgan fingerprint density at radius 1 is 1.11 bits per heavy atom. The van der Waals surface area contributed by atoms with Crippen molar-refractivity contribution in [3.63, 3.8) is 0 Å². The summed E-state index contributed by atoms with van der Waals surface area (Å²) in [7, 11) is 0. The fraction of sp³-hybridized carbons (Fsp3) is 0.600. The van der Waals surface area contributed by atoms with Gasteiger partial charge in [0.2, 0.25) is 0 Å². The Kier molecular flexibility index (Phi) is 6.94. The van der Waals surface area contributed by atoms with Crippen molar-refractivity contribution >= 4 is 0 Å². The summed E-state index contributed by atoms with van der Waals surface area (Å²) in [6.07, 6.45) is 0.205. The molecule has 0 heterocycles. The Labute approximate surface area is 110 Å². The topological polar surface area (TPSA) is 38.7 Å². The van der Waals surface area contributed by atoms with E-state index >= 15 is 0 Å². The summed E-state index contributed by atoms with van der Waals surface area (Å²) in [5, 5.41) is 10.1. The van der Waals surface area contributed by atoms with Gasteiger partial charge in [0, 0.05) is 6.61 Å². The number of benzene rings is 1. The zero-order chi connectivity index (χ0) is 13.4. The Morgan fingerprint density at radius 2 is 1.78 bits per heavy atom. The third kappa shape index (κ3) is 5.17. The van der Waals surface area contributed by atoms with Gasteiger partial charge in [-0.15, -0.1) is 0 Å². The molecule has 1 aromatic rings. The summed E-state index contributed by atoms with van der Waals surface area (Å²) in [5.41, 5.74) is 2.08. The predicted octanol–water partition coefficient (Wildman–Crippen LogP) is 2.86. The molecule has 3 nitrogen and oxygen atoms in total. The summed E-state index contributed by atoms with van der Waals surface area (Å²) in [4.78, 5) is 0. The number of ether oxygens (including phenoxy) is 2. The van der Waals surface area contributed by atoms with Gasteiger partial charge in [-0.05, 0) is 25.8 Å². The quantitative estimate of drug-likeness (QED) is 0.723. The van der Waals surface area contributed by atoms with E-state index in [4.69, 9.17) is 9.47 Å². The van der Waals surface area contributed by atoms with Gasteiger partial charge in [0.1, 0.15) is 6.10 Å². The predicted molar refractivity (Wildman–Crippen MR) is 72.7 cm³/mol. The van der Waals surface area contributed by atoms with Gasteiger partial charge in [0.15, 0.2) is 0 Å². The van der Waals surface area contributed by atoms with E-state index in [1.807, 2.05) is 38.1 Å². The Bertz CT molecular complexity index is 321. The molecule has 3 heteroatoms. The molecule has 1 aromatic carbocycles. The van der Waals surface area contributed by atoms with E-state index in [1.165, 1.54) is 5.56 Å². The smallest absolute Gasteiger partial charge is 0.105 e. The molecule has 0 aromatic heterocycles. The van der Waals surface area contributed by atoms with Gasteiger partial charge < -0.3 is 14.6 Å². The first kappa shape index (κ1) is 15.2. The lowest BCUT2D eigenvalue weighted by molar-refractivity contribution is -0.0481. The van der Waals surface area contributed by atoms with Crippen LogP contribution in [-0.4, -0.2) is 31.0 Å². The van der Waals surface area contributed by atoms with Crippen LogP contribution in [0.2, 0.25) is 0 Å². The standard InChI is InChI=1S/C15H24O3/c1-4-9-17-10-11-18-13(3)15(16)14-7-5-12(2)6-8-14/h5-8,13,15-16H,4,9-11H2,1-3H3. The summed E-state index contributed by atoms with van der Waals surface area (Å²) in [6.45, 7) is 7.84. The summed E-state index contributed by atoms with van der Waals surface area (Å²) in [5.74, 6) is 0. The second-order valence-corrected chi connectivity index (χ2v) is 4.54. The highest BCUT2D eigenvalue weighted by atomic mass is 16.5. The van der Waals surface area contributed by atoms with E-state index in [0.717, 1.165) is 18.6 Å². The molecule has 0 spiro atoms. The first-order valence-electron chi connectivity index (χ1n) is 6.59. The zero-order valence-corrected chi connectivity index (χ0v) is 11.6. The van der Waals surface area contributed by atoms with Gasteiger partial charge in [-0.1, -0.05) is 36.8 Å². The van der Waals surface area contributed by atoms with E-state index in [1.54, 1.807) is 0 Å². The monoisotopic (exact) mass is 252 g/mol. The molecule has 1 rings (SSSR count). The maximum atomic E-state index is 10.1. The molecule has 102 valence electrons. The normalized spacial score (nSPS) is 14.4. The van der Waals surface area contributed by atoms with Gasteiger partial charge in [0.05, 0.1) is 19.3 Å². The lowest BCUT2D eigenvalue weighted by Crippen LogP contribution is -2.21. The third-order valence-electron chi connectivity index (χ3n) is 2.82. The van der Waals surface area contributed by atoms with Crippen molar-refractivity contribution in [3.05, 3.63) is 35.4 Å². The molecular formula is C15H24O3. The lowest BCUT2D eigenvalue weighted by Gasteiger charge is -2.20. The molecule has 0 fully saturated rings. The van der Waals surface area contributed by atoms with Crippen LogP contribution in [0.1, 0.15) is 37.5 Å². The second-order valence-electron chi connectivity index (χ2n) is 4.54. The Morgan fingerprint density at radius 3 is 2.39 bits per heavy atom. The highest BCUT2D eigenvalue weighted by Crippen LogP contribution is 2.19. The van der Waals surface area contributed by atoms with E-state index in [0.29, 0.717) is 13.2 Å². The van der Waals surface area contributed by atoms with Crippen molar-refractivity contribution in [2.75, 3.05) is 19.8 Å². The van der Waals surface area contributed by atoms with E-state index in [2.05, 4.69) is 6.92 Å². The van der Waals surface area contributed by atoms with E-state index < -0.39 is 6.10 Å². The highest BCUT2D eigenvalue weighted by Gasteiger charge is 2.16. The fourth-order valence-corrected chi connectivity index (χ4v) is 1.67. The number of aliphatic hydroxyl groups is 1. The average molecular weight is 252 g/mol. The van der Waals surface area contributed by atoms with Crippen LogP contribution in [0.15, 0.2) is 24.3 Å². The van der Waals surface area contributed by atoms with Gasteiger partial charge in [-0.3, -0.25) is 0 Å². The fourth-order valence-electron chi connectivity index (χ4n) is 1.67. The van der Waals surface area contributed by atoms with Crippen molar-refractivity contribution in [3.8, 4) is 0 Å². The molecule has 0 aliphatic rings. The summed E-state index contributed by atoms with van der Waals surface area (Å²) < 4.78 is 10.9. The molecule has 0 aliphatic heterocycles. The van der Waals surface area contributed by atoms with Crippen molar-refractivity contribution in [2.24, 2.45) is 0 Å². The zero-order valence-electron chi connectivity index (χ0n) is 11.6. The van der Waals surface area contributed by atoms with Crippen LogP contribution in [0.4, 0.5) is 0 Å². The molecule has 0 saturated heterocycles. The molecule has 18 heavy (non-hydrogen) atoms. The number of hydrogen-bond acceptors (Lipinski definition) is 3. The van der Waals surface area contributed by atoms with Crippen molar-refractivity contribution in [1.82, 2.24) is 0 Å². The molecule has 0 saturated carbocycles. The lowest BCUT2D eigenvalue weighted by atomic mass is 10.0. The van der Waals surface area contributed by atoms with Crippen LogP contribution in [-0.2, 0) is 9.47 Å². The van der Waals surface area contributed by atoms with Gasteiger partial charge in [-0.2, -0.15) is 0 Å². The minimum atomic E-state index is -0.586. The SMILES string of the molecule is CCCOCCOC(C)C(O)c1ccc(C)cc1. The number of rotatable bonds is 8. The number of aliphatic hydroxyl groups excluding tert-OH is 1. The van der Waals surface area contributed by atoms with Crippen LogP contribution < -0.4 is 0 Å². The first-order chi connectivity index (χ1) is 8.65. The Hall–Kier alpha value is -0.900. The van der Waals surface area contributed by atoms with Gasteiger partial charge in [-0.25, -0.2) is 0 Å². The largest absolute Gasteiger partial charge is 0.386 e. The van der Waals surface area contributed by atoms with Crippen LogP contribution in [0, 0.1) is 6.92 Å². The molecule has 0 aliphatic carbocycles. The van der Waals surface area contributed by atoms with E-state index in [-0.39, 0.29) is 6.10 Å². The van der Waals surface area contributed by atoms with Crippen molar-refractivity contribution in [2.45, 2.75) is 39.4 Å². The minimum absolute atomic E-state index is 0.224. The molecule has 1 N–H and O–H groups in total. The highest BCUT2D eigenvalue weighted by molar-refractivity contribution is 5.23.